The SMILES string of the molecule is CC1CN(c2ccc(N)nn2)CCC1O[Si](C)(C)C(C)(C)C. The molecule has 1 aliphatic heterocycles. The van der Waals surface area contributed by atoms with Gasteiger partial charge in [-0.15, -0.1) is 10.2 Å². The van der Waals surface area contributed by atoms with Crippen molar-refractivity contribution < 1.29 is 4.43 Å². The minimum absolute atomic E-state index is 0.256. The van der Waals surface area contributed by atoms with E-state index in [0.717, 1.165) is 25.3 Å². The summed E-state index contributed by atoms with van der Waals surface area (Å²) in [6, 6.07) is 3.76. The van der Waals surface area contributed by atoms with Gasteiger partial charge in [0.2, 0.25) is 0 Å². The van der Waals surface area contributed by atoms with Gasteiger partial charge in [0.1, 0.15) is 5.82 Å². The number of nitrogens with two attached hydrogens (primary N) is 1. The number of anilines is 2. The number of nitrogens with zero attached hydrogens (tertiary/aromatic N) is 3. The Morgan fingerprint density at radius 3 is 2.45 bits per heavy atom. The Balaban J connectivity index is 2.00. The molecule has 0 bridgehead atoms. The van der Waals surface area contributed by atoms with E-state index in [1.807, 2.05) is 12.1 Å². The quantitative estimate of drug-likeness (QED) is 0.865. The summed E-state index contributed by atoms with van der Waals surface area (Å²) in [5.74, 6) is 1.86. The van der Waals surface area contributed by atoms with Crippen LogP contribution in [0.2, 0.25) is 18.1 Å². The van der Waals surface area contributed by atoms with Gasteiger partial charge in [0.15, 0.2) is 14.1 Å². The maximum atomic E-state index is 6.61. The zero-order valence-electron chi connectivity index (χ0n) is 14.8. The summed E-state index contributed by atoms with van der Waals surface area (Å²) < 4.78 is 6.61. The van der Waals surface area contributed by atoms with Crippen molar-refractivity contribution in [2.45, 2.75) is 58.4 Å². The van der Waals surface area contributed by atoms with E-state index in [4.69, 9.17) is 10.2 Å². The summed E-state index contributed by atoms with van der Waals surface area (Å²) in [4.78, 5) is 2.28. The molecule has 0 amide bonds. The predicted octanol–water partition coefficient (Wildman–Crippen LogP) is 3.30. The summed E-state index contributed by atoms with van der Waals surface area (Å²) in [6.45, 7) is 15.7. The molecular weight excluding hydrogens is 292 g/mol. The van der Waals surface area contributed by atoms with E-state index in [9.17, 15) is 0 Å². The molecule has 0 aromatic carbocycles. The van der Waals surface area contributed by atoms with Gasteiger partial charge < -0.3 is 15.1 Å². The zero-order chi connectivity index (χ0) is 16.5. The largest absolute Gasteiger partial charge is 0.414 e. The smallest absolute Gasteiger partial charge is 0.192 e. The van der Waals surface area contributed by atoms with Gasteiger partial charge in [-0.3, -0.25) is 0 Å². The van der Waals surface area contributed by atoms with Gasteiger partial charge in [0.05, 0.1) is 6.10 Å². The lowest BCUT2D eigenvalue weighted by Gasteiger charge is -2.44. The van der Waals surface area contributed by atoms with Crippen molar-refractivity contribution in [1.29, 1.82) is 0 Å². The Labute approximate surface area is 135 Å². The van der Waals surface area contributed by atoms with E-state index >= 15 is 0 Å². The minimum Gasteiger partial charge on any atom is -0.414 e. The van der Waals surface area contributed by atoms with Crippen molar-refractivity contribution in [3.05, 3.63) is 12.1 Å². The third-order valence-corrected chi connectivity index (χ3v) is 9.58. The monoisotopic (exact) mass is 322 g/mol. The second-order valence-electron chi connectivity index (χ2n) is 7.94. The molecule has 1 aliphatic rings. The zero-order valence-corrected chi connectivity index (χ0v) is 15.8. The first kappa shape index (κ1) is 17.2. The van der Waals surface area contributed by atoms with E-state index in [1.165, 1.54) is 0 Å². The Morgan fingerprint density at radius 2 is 1.95 bits per heavy atom. The lowest BCUT2D eigenvalue weighted by molar-refractivity contribution is 0.106. The van der Waals surface area contributed by atoms with Crippen molar-refractivity contribution in [2.75, 3.05) is 23.7 Å². The number of piperidine rings is 1. The highest BCUT2D eigenvalue weighted by molar-refractivity contribution is 6.74. The van der Waals surface area contributed by atoms with Crippen molar-refractivity contribution in [3.63, 3.8) is 0 Å². The van der Waals surface area contributed by atoms with E-state index in [2.05, 4.69) is 55.9 Å². The summed E-state index contributed by atoms with van der Waals surface area (Å²) in [5, 5.41) is 8.40. The summed E-state index contributed by atoms with van der Waals surface area (Å²) >= 11 is 0. The molecule has 1 saturated heterocycles. The number of rotatable bonds is 3. The van der Waals surface area contributed by atoms with E-state index < -0.39 is 8.32 Å². The first-order valence-electron chi connectivity index (χ1n) is 8.12. The molecule has 22 heavy (non-hydrogen) atoms. The number of aromatic nitrogens is 2. The summed E-state index contributed by atoms with van der Waals surface area (Å²) in [5.41, 5.74) is 5.61. The first-order chi connectivity index (χ1) is 10.1. The van der Waals surface area contributed by atoms with Crippen molar-refractivity contribution in [1.82, 2.24) is 10.2 Å². The molecular formula is C16H30N4OSi. The van der Waals surface area contributed by atoms with Crippen LogP contribution in [0.3, 0.4) is 0 Å². The fourth-order valence-electron chi connectivity index (χ4n) is 2.57. The number of nitrogen functional groups attached to an aromatic ring is 1. The Bertz CT molecular complexity index is 498. The van der Waals surface area contributed by atoms with Crippen LogP contribution in [0.15, 0.2) is 12.1 Å². The average molecular weight is 323 g/mol. The molecule has 2 unspecified atom stereocenters. The minimum atomic E-state index is -1.71. The third kappa shape index (κ3) is 3.79. The van der Waals surface area contributed by atoms with Crippen molar-refractivity contribution in [2.24, 2.45) is 5.92 Å². The van der Waals surface area contributed by atoms with Crippen LogP contribution in [-0.4, -0.2) is 37.7 Å². The standard InChI is InChI=1S/C16H30N4OSi/c1-12-11-20(15-8-7-14(17)18-19-15)10-9-13(12)21-22(5,6)16(2,3)4/h7-8,12-13H,9-11H2,1-6H3,(H2,17,18). The Hall–Kier alpha value is -1.14. The molecule has 0 radical (unpaired) electrons. The van der Waals surface area contributed by atoms with Crippen LogP contribution in [0.25, 0.3) is 0 Å². The van der Waals surface area contributed by atoms with Crippen molar-refractivity contribution >= 4 is 20.0 Å². The summed E-state index contributed by atoms with van der Waals surface area (Å²) in [7, 11) is -1.71. The predicted molar refractivity (Wildman–Crippen MR) is 94.5 cm³/mol. The molecule has 0 spiro atoms. The van der Waals surface area contributed by atoms with Gasteiger partial charge in [-0.2, -0.15) is 0 Å². The Kier molecular flexibility index (Phi) is 4.82. The topological polar surface area (TPSA) is 64.3 Å². The van der Waals surface area contributed by atoms with E-state index in [-0.39, 0.29) is 5.04 Å². The van der Waals surface area contributed by atoms with Crippen LogP contribution in [0.5, 0.6) is 0 Å². The summed E-state index contributed by atoms with van der Waals surface area (Å²) in [6.07, 6.45) is 1.39. The normalized spacial score (nSPS) is 23.6. The molecule has 2 heterocycles. The van der Waals surface area contributed by atoms with Gasteiger partial charge in [0, 0.05) is 13.1 Å². The molecule has 2 rings (SSSR count). The molecule has 1 aromatic heterocycles. The van der Waals surface area contributed by atoms with Gasteiger partial charge >= 0.3 is 0 Å². The van der Waals surface area contributed by atoms with Gasteiger partial charge in [0.25, 0.3) is 0 Å². The molecule has 1 fully saturated rings. The first-order valence-corrected chi connectivity index (χ1v) is 11.0. The molecule has 124 valence electrons. The van der Waals surface area contributed by atoms with Crippen molar-refractivity contribution in [3.8, 4) is 0 Å². The number of hydrogen-bond donors (Lipinski definition) is 1. The number of hydrogen-bond acceptors (Lipinski definition) is 5. The maximum Gasteiger partial charge on any atom is 0.192 e. The van der Waals surface area contributed by atoms with Crippen LogP contribution in [0.4, 0.5) is 11.6 Å². The highest BCUT2D eigenvalue weighted by Gasteiger charge is 2.41. The second kappa shape index (κ2) is 6.16. The Morgan fingerprint density at radius 1 is 1.27 bits per heavy atom. The highest BCUT2D eigenvalue weighted by atomic mass is 28.4. The molecule has 2 N–H and O–H groups in total. The maximum absolute atomic E-state index is 6.61. The second-order valence-corrected chi connectivity index (χ2v) is 12.7. The average Bonchev–Trinajstić information content (AvgIpc) is 2.40. The lowest BCUT2D eigenvalue weighted by Crippen LogP contribution is -2.50. The third-order valence-electron chi connectivity index (χ3n) is 5.07. The lowest BCUT2D eigenvalue weighted by atomic mass is 9.97. The molecule has 1 aromatic rings. The fraction of sp³-hybridized carbons (Fsp3) is 0.750. The van der Waals surface area contributed by atoms with Crippen LogP contribution in [0.1, 0.15) is 34.1 Å². The van der Waals surface area contributed by atoms with E-state index in [0.29, 0.717) is 17.8 Å². The van der Waals surface area contributed by atoms with E-state index in [1.54, 1.807) is 0 Å². The molecule has 5 nitrogen and oxygen atoms in total. The molecule has 0 saturated carbocycles. The highest BCUT2D eigenvalue weighted by Crippen LogP contribution is 2.39. The molecule has 6 heteroatoms. The molecule has 2 atom stereocenters. The molecule has 0 aliphatic carbocycles. The van der Waals surface area contributed by atoms with Crippen LogP contribution in [-0.2, 0) is 4.43 Å². The fourth-order valence-corrected chi connectivity index (χ4v) is 4.03. The van der Waals surface area contributed by atoms with Gasteiger partial charge in [-0.25, -0.2) is 0 Å². The van der Waals surface area contributed by atoms with Crippen LogP contribution >= 0.6 is 0 Å². The van der Waals surface area contributed by atoms with Gasteiger partial charge in [-0.05, 0) is 42.6 Å². The van der Waals surface area contributed by atoms with Crippen LogP contribution in [0, 0.1) is 5.92 Å². The van der Waals surface area contributed by atoms with Gasteiger partial charge in [-0.1, -0.05) is 27.7 Å². The van der Waals surface area contributed by atoms with Crippen LogP contribution < -0.4 is 10.6 Å².